The summed E-state index contributed by atoms with van der Waals surface area (Å²) in [6.45, 7) is 1.13. The fourth-order valence-electron chi connectivity index (χ4n) is 0.342. The number of rotatable bonds is 1. The number of pyridine rings is 1. The maximum Gasteiger partial charge on any atom is 1.00 e. The van der Waals surface area contributed by atoms with Crippen LogP contribution in [0.3, 0.4) is 0 Å². The number of aliphatic hydroxyl groups excluding tert-OH is 1. The molecule has 1 atom stereocenters. The molecule has 0 aliphatic rings. The molecule has 0 aliphatic carbocycles. The SMILES string of the molecule is CC(O)C(=O)[O-].Fc1cccnc1.[Ag+]. The Bertz CT molecular complexity index is 256. The van der Waals surface area contributed by atoms with E-state index in [2.05, 4.69) is 4.98 Å². The maximum absolute atomic E-state index is 11.8. The van der Waals surface area contributed by atoms with Crippen molar-refractivity contribution < 1.29 is 41.8 Å². The van der Waals surface area contributed by atoms with Crippen molar-refractivity contribution in [2.75, 3.05) is 0 Å². The van der Waals surface area contributed by atoms with E-state index < -0.39 is 12.1 Å². The summed E-state index contributed by atoms with van der Waals surface area (Å²) in [5.74, 6) is -1.72. The summed E-state index contributed by atoms with van der Waals surface area (Å²) in [5.41, 5.74) is 0. The molecule has 82 valence electrons. The van der Waals surface area contributed by atoms with Crippen LogP contribution in [-0.2, 0) is 27.2 Å². The van der Waals surface area contributed by atoms with Crippen molar-refractivity contribution in [3.05, 3.63) is 30.3 Å². The van der Waals surface area contributed by atoms with E-state index in [4.69, 9.17) is 5.11 Å². The second-order valence-electron chi connectivity index (χ2n) is 2.17. The molecule has 0 amide bonds. The third-order valence-corrected chi connectivity index (χ3v) is 0.967. The van der Waals surface area contributed by atoms with Crippen molar-refractivity contribution in [2.24, 2.45) is 0 Å². The van der Waals surface area contributed by atoms with E-state index in [1.807, 2.05) is 0 Å². The number of carboxylic acid groups (broad SMARTS) is 1. The summed E-state index contributed by atoms with van der Waals surface area (Å²) >= 11 is 0. The van der Waals surface area contributed by atoms with Crippen LogP contribution in [0.25, 0.3) is 0 Å². The number of carboxylic acids is 1. The van der Waals surface area contributed by atoms with Crippen LogP contribution in [0.15, 0.2) is 24.5 Å². The third-order valence-electron chi connectivity index (χ3n) is 0.967. The van der Waals surface area contributed by atoms with Crippen molar-refractivity contribution in [1.29, 1.82) is 0 Å². The van der Waals surface area contributed by atoms with Gasteiger partial charge in [0.2, 0.25) is 0 Å². The van der Waals surface area contributed by atoms with E-state index >= 15 is 0 Å². The number of aliphatic carboxylic acids is 1. The average molecular weight is 294 g/mol. The van der Waals surface area contributed by atoms with Gasteiger partial charge < -0.3 is 15.0 Å². The van der Waals surface area contributed by atoms with Gasteiger partial charge >= 0.3 is 22.4 Å². The summed E-state index contributed by atoms with van der Waals surface area (Å²) in [7, 11) is 0. The Hall–Kier alpha value is -0.750. The number of hydrogen-bond donors (Lipinski definition) is 1. The number of aromatic nitrogens is 1. The molecule has 0 saturated heterocycles. The summed E-state index contributed by atoms with van der Waals surface area (Å²) in [4.78, 5) is 12.8. The first-order chi connectivity index (χ1) is 6.04. The summed E-state index contributed by atoms with van der Waals surface area (Å²) in [6.07, 6.45) is 1.35. The molecule has 1 aromatic rings. The molecule has 1 rings (SSSR count). The second kappa shape index (κ2) is 8.83. The zero-order valence-corrected chi connectivity index (χ0v) is 8.76. The summed E-state index contributed by atoms with van der Waals surface area (Å²) < 4.78 is 11.8. The van der Waals surface area contributed by atoms with Gasteiger partial charge in [-0.05, 0) is 19.1 Å². The number of halogens is 1. The number of carbonyl (C=O) groups is 1. The fraction of sp³-hybridized carbons (Fsp3) is 0.250. The van der Waals surface area contributed by atoms with Crippen molar-refractivity contribution >= 4 is 5.97 Å². The van der Waals surface area contributed by atoms with Crippen LogP contribution >= 0.6 is 0 Å². The fourth-order valence-corrected chi connectivity index (χ4v) is 0.342. The third kappa shape index (κ3) is 9.34. The van der Waals surface area contributed by atoms with Crippen LogP contribution in [0.5, 0.6) is 0 Å². The number of carbonyl (C=O) groups excluding carboxylic acids is 1. The molecule has 6 heteroatoms. The van der Waals surface area contributed by atoms with Crippen molar-refractivity contribution in [3.63, 3.8) is 0 Å². The standard InChI is InChI=1S/C5H4FN.C3H6O3.Ag/c6-5-2-1-3-7-4-5;1-2(4)3(5)6;/h1-4H;2,4H,1H3,(H,5,6);/q;;+1/p-1. The van der Waals surface area contributed by atoms with Crippen LogP contribution in [0.1, 0.15) is 6.92 Å². The number of aliphatic hydroxyl groups is 1. The van der Waals surface area contributed by atoms with Crippen molar-refractivity contribution in [3.8, 4) is 0 Å². The van der Waals surface area contributed by atoms with Crippen LogP contribution in [0.4, 0.5) is 4.39 Å². The van der Waals surface area contributed by atoms with E-state index in [-0.39, 0.29) is 28.2 Å². The number of nitrogens with zero attached hydrogens (tertiary/aromatic N) is 1. The Balaban J connectivity index is 0. The predicted molar refractivity (Wildman–Crippen MR) is 40.9 cm³/mol. The average Bonchev–Trinajstić information content (AvgIpc) is 2.06. The molecular formula is C8H9AgFNO3. The quantitative estimate of drug-likeness (QED) is 0.698. The molecule has 1 unspecified atom stereocenters. The van der Waals surface area contributed by atoms with Crippen LogP contribution in [-0.4, -0.2) is 22.2 Å². The second-order valence-corrected chi connectivity index (χ2v) is 2.17. The van der Waals surface area contributed by atoms with E-state index in [1.165, 1.54) is 18.5 Å². The Morgan fingerprint density at radius 2 is 2.21 bits per heavy atom. The summed E-state index contributed by atoms with van der Waals surface area (Å²) in [6, 6.07) is 2.91. The monoisotopic (exact) mass is 293 g/mol. The topological polar surface area (TPSA) is 73.2 Å². The molecule has 0 radical (unpaired) electrons. The first-order valence-corrected chi connectivity index (χ1v) is 3.48. The van der Waals surface area contributed by atoms with Gasteiger partial charge in [0.1, 0.15) is 5.82 Å². The predicted octanol–water partition coefficient (Wildman–Crippen LogP) is -0.665. The van der Waals surface area contributed by atoms with Crippen LogP contribution in [0, 0.1) is 5.82 Å². The maximum atomic E-state index is 11.8. The Labute approximate surface area is 96.3 Å². The molecule has 0 aromatic carbocycles. The van der Waals surface area contributed by atoms with Crippen LogP contribution in [0.2, 0.25) is 0 Å². The molecule has 4 nitrogen and oxygen atoms in total. The van der Waals surface area contributed by atoms with Gasteiger partial charge in [-0.15, -0.1) is 0 Å². The van der Waals surface area contributed by atoms with Gasteiger partial charge in [-0.1, -0.05) is 0 Å². The minimum atomic E-state index is -1.44. The molecule has 1 heterocycles. The van der Waals surface area contributed by atoms with Gasteiger partial charge in [0.15, 0.2) is 0 Å². The Morgan fingerprint density at radius 3 is 2.36 bits per heavy atom. The van der Waals surface area contributed by atoms with Crippen molar-refractivity contribution in [1.82, 2.24) is 4.98 Å². The van der Waals surface area contributed by atoms with Gasteiger partial charge in [-0.3, -0.25) is 4.98 Å². The zero-order valence-electron chi connectivity index (χ0n) is 7.28. The molecule has 0 spiro atoms. The minimum absolute atomic E-state index is 0. The Morgan fingerprint density at radius 1 is 1.71 bits per heavy atom. The molecule has 0 aliphatic heterocycles. The van der Waals surface area contributed by atoms with E-state index in [0.29, 0.717) is 0 Å². The molecule has 1 aromatic heterocycles. The Kier molecular flexibility index (Phi) is 9.91. The smallest absolute Gasteiger partial charge is 0.547 e. The first kappa shape index (κ1) is 15.7. The van der Waals surface area contributed by atoms with E-state index in [0.717, 1.165) is 6.92 Å². The van der Waals surface area contributed by atoms with Crippen molar-refractivity contribution in [2.45, 2.75) is 13.0 Å². The van der Waals surface area contributed by atoms with Gasteiger partial charge in [-0.2, -0.15) is 0 Å². The van der Waals surface area contributed by atoms with E-state index in [1.54, 1.807) is 6.07 Å². The number of hydrogen-bond acceptors (Lipinski definition) is 4. The molecule has 14 heavy (non-hydrogen) atoms. The first-order valence-electron chi connectivity index (χ1n) is 3.48. The van der Waals surface area contributed by atoms with Gasteiger partial charge in [0.05, 0.1) is 18.3 Å². The molecular weight excluding hydrogens is 285 g/mol. The zero-order chi connectivity index (χ0) is 10.3. The molecule has 0 bridgehead atoms. The minimum Gasteiger partial charge on any atom is -0.547 e. The molecule has 0 fully saturated rings. The summed E-state index contributed by atoms with van der Waals surface area (Å²) in [5, 5.41) is 17.3. The normalized spacial score (nSPS) is 10.2. The largest absolute Gasteiger partial charge is 1.00 e. The van der Waals surface area contributed by atoms with Gasteiger partial charge in [0.25, 0.3) is 0 Å². The van der Waals surface area contributed by atoms with Crippen LogP contribution < -0.4 is 5.11 Å². The van der Waals surface area contributed by atoms with Gasteiger partial charge in [0, 0.05) is 6.20 Å². The molecule has 1 N–H and O–H groups in total. The van der Waals surface area contributed by atoms with Gasteiger partial charge in [-0.25, -0.2) is 4.39 Å². The van der Waals surface area contributed by atoms with E-state index in [9.17, 15) is 14.3 Å². The molecule has 0 saturated carbocycles.